The lowest BCUT2D eigenvalue weighted by molar-refractivity contribution is 0.312. The van der Waals surface area contributed by atoms with Crippen LogP contribution in [0.1, 0.15) is 42.3 Å². The molecule has 8 heteroatoms. The summed E-state index contributed by atoms with van der Waals surface area (Å²) in [6, 6.07) is 10.4. The van der Waals surface area contributed by atoms with E-state index in [-0.39, 0.29) is 17.4 Å². The molecule has 1 fully saturated rings. The fourth-order valence-electron chi connectivity index (χ4n) is 5.36. The molecule has 4 heterocycles. The average Bonchev–Trinajstić information content (AvgIpc) is 3.23. The maximum Gasteiger partial charge on any atom is 0.252 e. The van der Waals surface area contributed by atoms with E-state index >= 15 is 4.39 Å². The second-order valence-electron chi connectivity index (χ2n) is 10.7. The van der Waals surface area contributed by atoms with Gasteiger partial charge in [-0.05, 0) is 81.8 Å². The normalized spacial score (nSPS) is 14.7. The van der Waals surface area contributed by atoms with Crippen LogP contribution in [0.15, 0.2) is 47.5 Å². The number of pyridine rings is 2. The summed E-state index contributed by atoms with van der Waals surface area (Å²) >= 11 is 0. The summed E-state index contributed by atoms with van der Waals surface area (Å²) < 4.78 is 17.2. The number of halogens is 1. The van der Waals surface area contributed by atoms with Gasteiger partial charge in [0.1, 0.15) is 11.6 Å². The molecule has 0 unspecified atom stereocenters. The molecule has 0 aliphatic carbocycles. The number of hydrogen-bond donors (Lipinski definition) is 2. The van der Waals surface area contributed by atoms with Gasteiger partial charge >= 0.3 is 0 Å². The number of benzene rings is 1. The number of nitrogens with zero attached hydrogens (tertiary/aromatic N) is 4. The maximum absolute atomic E-state index is 15.2. The molecule has 2 N–H and O–H groups in total. The molecule has 200 valence electrons. The molecule has 1 aliphatic heterocycles. The number of anilines is 1. The highest BCUT2D eigenvalue weighted by Crippen LogP contribution is 2.33. The van der Waals surface area contributed by atoms with Crippen molar-refractivity contribution >= 4 is 16.7 Å². The molecule has 7 nitrogen and oxygen atoms in total. The van der Waals surface area contributed by atoms with E-state index in [0.29, 0.717) is 24.0 Å². The van der Waals surface area contributed by atoms with Gasteiger partial charge in [-0.25, -0.2) is 9.37 Å². The number of aryl methyl sites for hydroxylation is 2. The molecule has 0 amide bonds. The number of piperazine rings is 1. The Bertz CT molecular complexity index is 1500. The van der Waals surface area contributed by atoms with Gasteiger partial charge in [-0.15, -0.1) is 0 Å². The van der Waals surface area contributed by atoms with Crippen molar-refractivity contribution in [2.24, 2.45) is 0 Å². The van der Waals surface area contributed by atoms with E-state index in [4.69, 9.17) is 4.98 Å². The second-order valence-corrected chi connectivity index (χ2v) is 10.7. The van der Waals surface area contributed by atoms with Gasteiger partial charge < -0.3 is 24.7 Å². The Labute approximate surface area is 223 Å². The van der Waals surface area contributed by atoms with E-state index in [1.807, 2.05) is 36.7 Å². The average molecular weight is 517 g/mol. The number of aromatic amines is 1. The lowest BCUT2D eigenvalue weighted by Crippen LogP contribution is -2.44. The van der Waals surface area contributed by atoms with Gasteiger partial charge in [0.15, 0.2) is 0 Å². The molecule has 5 rings (SSSR count). The molecule has 4 aromatic rings. The first-order chi connectivity index (χ1) is 18.2. The van der Waals surface area contributed by atoms with Gasteiger partial charge in [-0.1, -0.05) is 0 Å². The molecule has 0 saturated carbocycles. The summed E-state index contributed by atoms with van der Waals surface area (Å²) in [5.41, 5.74) is 6.11. The van der Waals surface area contributed by atoms with Crippen molar-refractivity contribution in [1.29, 1.82) is 0 Å². The van der Waals surface area contributed by atoms with Crippen LogP contribution in [0.3, 0.4) is 0 Å². The smallest absolute Gasteiger partial charge is 0.252 e. The zero-order valence-corrected chi connectivity index (χ0v) is 22.9. The molecule has 1 aromatic carbocycles. The van der Waals surface area contributed by atoms with Crippen LogP contribution in [0.2, 0.25) is 0 Å². The molecule has 0 spiro atoms. The third-order valence-electron chi connectivity index (χ3n) is 7.54. The number of fused-ring (bicyclic) bond motifs is 1. The zero-order chi connectivity index (χ0) is 27.0. The third kappa shape index (κ3) is 5.24. The van der Waals surface area contributed by atoms with Gasteiger partial charge in [0.25, 0.3) is 5.56 Å². The SMILES string of the molecule is Cc1cc(C)c(CNCc2cc(-c3ccc(N4CCN(C)CC4)nc3)cc3c2c(F)cn3C(C)C)c(=O)[nH]1. The van der Waals surface area contributed by atoms with Gasteiger partial charge in [-0.2, -0.15) is 0 Å². The first-order valence-corrected chi connectivity index (χ1v) is 13.3. The summed E-state index contributed by atoms with van der Waals surface area (Å²) in [6.45, 7) is 12.8. The number of aromatic nitrogens is 3. The Morgan fingerprint density at radius 2 is 1.82 bits per heavy atom. The largest absolute Gasteiger partial charge is 0.354 e. The molecule has 0 radical (unpaired) electrons. The van der Waals surface area contributed by atoms with Crippen molar-refractivity contribution in [3.05, 3.63) is 81.3 Å². The van der Waals surface area contributed by atoms with Crippen LogP contribution in [-0.2, 0) is 13.1 Å². The van der Waals surface area contributed by atoms with E-state index in [2.05, 4.69) is 59.2 Å². The van der Waals surface area contributed by atoms with E-state index in [0.717, 1.165) is 65.5 Å². The van der Waals surface area contributed by atoms with Crippen LogP contribution < -0.4 is 15.8 Å². The van der Waals surface area contributed by atoms with Gasteiger partial charge in [0.2, 0.25) is 0 Å². The highest BCUT2D eigenvalue weighted by molar-refractivity contribution is 5.89. The quantitative estimate of drug-likeness (QED) is 0.370. The van der Waals surface area contributed by atoms with Gasteiger partial charge in [-0.3, -0.25) is 4.79 Å². The summed E-state index contributed by atoms with van der Waals surface area (Å²) in [5, 5.41) is 4.01. The number of likely N-dealkylation sites (N-methyl/N-ethyl adjacent to an activating group) is 1. The molecule has 3 aromatic heterocycles. The number of nitrogens with one attached hydrogen (secondary N) is 2. The lowest BCUT2D eigenvalue weighted by atomic mass is 10.0. The molecule has 0 atom stereocenters. The zero-order valence-electron chi connectivity index (χ0n) is 22.9. The third-order valence-corrected chi connectivity index (χ3v) is 7.54. The Hall–Kier alpha value is -3.49. The number of rotatable bonds is 7. The highest BCUT2D eigenvalue weighted by atomic mass is 19.1. The van der Waals surface area contributed by atoms with E-state index in [9.17, 15) is 4.79 Å². The molecule has 1 saturated heterocycles. The van der Waals surface area contributed by atoms with Crippen LogP contribution in [0.5, 0.6) is 0 Å². The predicted molar refractivity (Wildman–Crippen MR) is 152 cm³/mol. The van der Waals surface area contributed by atoms with Crippen molar-refractivity contribution in [2.75, 3.05) is 38.1 Å². The van der Waals surface area contributed by atoms with Gasteiger partial charge in [0, 0.05) is 79.9 Å². The Balaban J connectivity index is 1.46. The van der Waals surface area contributed by atoms with Crippen molar-refractivity contribution in [3.63, 3.8) is 0 Å². The predicted octanol–water partition coefficient (Wildman–Crippen LogP) is 4.77. The minimum absolute atomic E-state index is 0.0856. The Morgan fingerprint density at radius 1 is 1.05 bits per heavy atom. The molecule has 38 heavy (non-hydrogen) atoms. The minimum Gasteiger partial charge on any atom is -0.354 e. The van der Waals surface area contributed by atoms with Crippen molar-refractivity contribution in [2.45, 2.75) is 46.8 Å². The van der Waals surface area contributed by atoms with Crippen LogP contribution >= 0.6 is 0 Å². The Morgan fingerprint density at radius 3 is 2.47 bits per heavy atom. The topological polar surface area (TPSA) is 69.2 Å². The Kier molecular flexibility index (Phi) is 7.36. The van der Waals surface area contributed by atoms with Crippen molar-refractivity contribution < 1.29 is 4.39 Å². The number of hydrogen-bond acceptors (Lipinski definition) is 5. The van der Waals surface area contributed by atoms with E-state index in [1.165, 1.54) is 0 Å². The van der Waals surface area contributed by atoms with Gasteiger partial charge in [0.05, 0.1) is 5.52 Å². The van der Waals surface area contributed by atoms with Crippen LogP contribution in [0.4, 0.5) is 10.2 Å². The molecule has 0 bridgehead atoms. The summed E-state index contributed by atoms with van der Waals surface area (Å²) in [4.78, 5) is 24.8. The number of H-pyrrole nitrogens is 1. The lowest BCUT2D eigenvalue weighted by Gasteiger charge is -2.33. The summed E-state index contributed by atoms with van der Waals surface area (Å²) in [7, 11) is 2.15. The monoisotopic (exact) mass is 516 g/mol. The summed E-state index contributed by atoms with van der Waals surface area (Å²) in [6.07, 6.45) is 3.51. The molecular weight excluding hydrogens is 479 g/mol. The van der Waals surface area contributed by atoms with Crippen molar-refractivity contribution in [1.82, 2.24) is 24.8 Å². The van der Waals surface area contributed by atoms with Crippen molar-refractivity contribution in [3.8, 4) is 11.1 Å². The maximum atomic E-state index is 15.2. The standard InChI is InChI=1S/C30H37FN6O/c1-19(2)37-18-26(31)29-24(15-32-17-25-20(3)12-21(4)34-30(25)38)13-23(14-27(29)37)22-6-7-28(33-16-22)36-10-8-35(5)9-11-36/h6-7,12-14,16,18-19,32H,8-11,15,17H2,1-5H3,(H,34,38). The fraction of sp³-hybridized carbons (Fsp3) is 0.400. The van der Waals surface area contributed by atoms with Crippen LogP contribution in [-0.4, -0.2) is 52.7 Å². The molecule has 1 aliphatic rings. The first-order valence-electron chi connectivity index (χ1n) is 13.3. The molecular formula is C30H37FN6O. The fourth-order valence-corrected chi connectivity index (χ4v) is 5.36. The van der Waals surface area contributed by atoms with Crippen LogP contribution in [0, 0.1) is 19.7 Å². The minimum atomic E-state index is -0.232. The van der Waals surface area contributed by atoms with E-state index < -0.39 is 0 Å². The highest BCUT2D eigenvalue weighted by Gasteiger charge is 2.18. The van der Waals surface area contributed by atoms with E-state index in [1.54, 1.807) is 6.20 Å². The summed E-state index contributed by atoms with van der Waals surface area (Å²) in [5.74, 6) is 0.755. The first kappa shape index (κ1) is 26.1. The second kappa shape index (κ2) is 10.7. The van der Waals surface area contributed by atoms with Crippen LogP contribution in [0.25, 0.3) is 22.0 Å².